The van der Waals surface area contributed by atoms with Gasteiger partial charge in [0.1, 0.15) is 0 Å². The maximum absolute atomic E-state index is 12.7. The standard InChI is InChI=1S/C18H26ClN3O3S/c1-14-6-10-21(11-7-14)13-18(23)20-17-12-15(4-5-16(17)19)26(24,25)22-8-2-3-9-22/h4-5,12,14H,2-3,6-11,13H2,1H3,(H,20,23)/p+1. The summed E-state index contributed by atoms with van der Waals surface area (Å²) in [5, 5.41) is 3.15. The zero-order valence-corrected chi connectivity index (χ0v) is 16.7. The van der Waals surface area contributed by atoms with E-state index in [9.17, 15) is 13.2 Å². The highest BCUT2D eigenvalue weighted by molar-refractivity contribution is 7.89. The van der Waals surface area contributed by atoms with Gasteiger partial charge in [0.25, 0.3) is 5.91 Å². The van der Waals surface area contributed by atoms with Crippen LogP contribution in [-0.2, 0) is 14.8 Å². The Hall–Kier alpha value is -1.15. The Morgan fingerprint density at radius 1 is 1.27 bits per heavy atom. The second-order valence-corrected chi connectivity index (χ2v) is 9.76. The lowest BCUT2D eigenvalue weighted by molar-refractivity contribution is -0.897. The molecule has 0 bridgehead atoms. The average Bonchev–Trinajstić information content (AvgIpc) is 3.14. The van der Waals surface area contributed by atoms with Crippen molar-refractivity contribution >= 4 is 33.2 Å². The minimum Gasteiger partial charge on any atom is -0.327 e. The van der Waals surface area contributed by atoms with Crippen LogP contribution < -0.4 is 10.2 Å². The summed E-state index contributed by atoms with van der Waals surface area (Å²) in [4.78, 5) is 13.8. The smallest absolute Gasteiger partial charge is 0.279 e. The monoisotopic (exact) mass is 400 g/mol. The van der Waals surface area contributed by atoms with Crippen LogP contribution in [0.1, 0.15) is 32.6 Å². The second-order valence-electron chi connectivity index (χ2n) is 7.41. The highest BCUT2D eigenvalue weighted by atomic mass is 35.5. The van der Waals surface area contributed by atoms with Crippen LogP contribution in [-0.4, -0.2) is 51.4 Å². The number of piperidine rings is 1. The normalized spacial score (nSPS) is 24.5. The van der Waals surface area contributed by atoms with Gasteiger partial charge in [-0.2, -0.15) is 4.31 Å². The number of rotatable bonds is 5. The molecule has 2 heterocycles. The van der Waals surface area contributed by atoms with Crippen molar-refractivity contribution in [2.45, 2.75) is 37.5 Å². The van der Waals surface area contributed by atoms with Gasteiger partial charge in [0.05, 0.1) is 28.7 Å². The molecule has 26 heavy (non-hydrogen) atoms. The number of nitrogens with one attached hydrogen (secondary N) is 2. The highest BCUT2D eigenvalue weighted by Gasteiger charge is 2.28. The SMILES string of the molecule is CC1CC[NH+](CC(=O)Nc2cc(S(=O)(=O)N3CCCC3)ccc2Cl)CC1. The fourth-order valence-electron chi connectivity index (χ4n) is 3.61. The van der Waals surface area contributed by atoms with Crippen LogP contribution in [0.25, 0.3) is 0 Å². The largest absolute Gasteiger partial charge is 0.327 e. The maximum atomic E-state index is 12.7. The molecule has 1 amide bonds. The van der Waals surface area contributed by atoms with Crippen molar-refractivity contribution in [1.29, 1.82) is 0 Å². The molecule has 144 valence electrons. The van der Waals surface area contributed by atoms with Crippen LogP contribution >= 0.6 is 11.6 Å². The lowest BCUT2D eigenvalue weighted by Crippen LogP contribution is -3.14. The molecule has 1 aromatic rings. The molecule has 6 nitrogen and oxygen atoms in total. The van der Waals surface area contributed by atoms with Gasteiger partial charge in [0.15, 0.2) is 6.54 Å². The molecule has 2 N–H and O–H groups in total. The number of sulfonamides is 1. The first-order valence-electron chi connectivity index (χ1n) is 9.29. The summed E-state index contributed by atoms with van der Waals surface area (Å²) < 4.78 is 26.9. The van der Waals surface area contributed by atoms with Crippen molar-refractivity contribution in [3.05, 3.63) is 23.2 Å². The predicted octanol–water partition coefficient (Wildman–Crippen LogP) is 1.38. The first-order chi connectivity index (χ1) is 12.4. The summed E-state index contributed by atoms with van der Waals surface area (Å²) in [6.45, 7) is 5.69. The van der Waals surface area contributed by atoms with Gasteiger partial charge in [-0.3, -0.25) is 4.79 Å². The maximum Gasteiger partial charge on any atom is 0.279 e. The van der Waals surface area contributed by atoms with Gasteiger partial charge >= 0.3 is 0 Å². The zero-order valence-electron chi connectivity index (χ0n) is 15.1. The van der Waals surface area contributed by atoms with Crippen LogP contribution in [0.5, 0.6) is 0 Å². The van der Waals surface area contributed by atoms with Crippen molar-refractivity contribution in [1.82, 2.24) is 4.31 Å². The lowest BCUT2D eigenvalue weighted by Gasteiger charge is -2.26. The number of benzene rings is 1. The van der Waals surface area contributed by atoms with E-state index < -0.39 is 10.0 Å². The molecule has 2 aliphatic heterocycles. The molecule has 2 fully saturated rings. The lowest BCUT2D eigenvalue weighted by atomic mass is 9.99. The quantitative estimate of drug-likeness (QED) is 0.784. The molecule has 1 aromatic carbocycles. The van der Waals surface area contributed by atoms with E-state index in [4.69, 9.17) is 11.6 Å². The van der Waals surface area contributed by atoms with E-state index in [0.717, 1.165) is 44.7 Å². The Morgan fingerprint density at radius 2 is 1.92 bits per heavy atom. The van der Waals surface area contributed by atoms with E-state index in [1.807, 2.05) is 0 Å². The number of quaternary nitrogens is 1. The molecule has 0 aromatic heterocycles. The number of carbonyl (C=O) groups excluding carboxylic acids is 1. The van der Waals surface area contributed by atoms with Crippen molar-refractivity contribution < 1.29 is 18.1 Å². The molecule has 0 unspecified atom stereocenters. The van der Waals surface area contributed by atoms with Crippen LogP contribution in [0.2, 0.25) is 5.02 Å². The zero-order chi connectivity index (χ0) is 18.7. The van der Waals surface area contributed by atoms with E-state index in [2.05, 4.69) is 12.2 Å². The Kier molecular flexibility index (Phi) is 6.22. The highest BCUT2D eigenvalue weighted by Crippen LogP contribution is 2.28. The average molecular weight is 401 g/mol. The molecule has 2 aliphatic rings. The fraction of sp³-hybridized carbons (Fsp3) is 0.611. The first kappa shape index (κ1) is 19.6. The van der Waals surface area contributed by atoms with Gasteiger partial charge in [0.2, 0.25) is 10.0 Å². The number of likely N-dealkylation sites (tertiary alicyclic amines) is 1. The third-order valence-electron chi connectivity index (χ3n) is 5.31. The van der Waals surface area contributed by atoms with Gasteiger partial charge < -0.3 is 10.2 Å². The predicted molar refractivity (Wildman–Crippen MR) is 102 cm³/mol. The second kappa shape index (κ2) is 8.25. The third-order valence-corrected chi connectivity index (χ3v) is 7.53. The molecule has 0 atom stereocenters. The van der Waals surface area contributed by atoms with Crippen molar-refractivity contribution in [3.63, 3.8) is 0 Å². The summed E-state index contributed by atoms with van der Waals surface area (Å²) in [6.07, 6.45) is 4.03. The topological polar surface area (TPSA) is 70.9 Å². The van der Waals surface area contributed by atoms with Gasteiger partial charge in [-0.25, -0.2) is 8.42 Å². The van der Waals surface area contributed by atoms with E-state index in [1.54, 1.807) is 0 Å². The summed E-state index contributed by atoms with van der Waals surface area (Å²) in [5.41, 5.74) is 0.363. The van der Waals surface area contributed by atoms with Crippen molar-refractivity contribution in [2.75, 3.05) is 38.0 Å². The van der Waals surface area contributed by atoms with E-state index in [1.165, 1.54) is 27.4 Å². The van der Waals surface area contributed by atoms with Crippen molar-refractivity contribution in [3.8, 4) is 0 Å². The number of hydrogen-bond donors (Lipinski definition) is 2. The van der Waals surface area contributed by atoms with Crippen LogP contribution in [0.3, 0.4) is 0 Å². The molecule has 8 heteroatoms. The van der Waals surface area contributed by atoms with E-state index >= 15 is 0 Å². The Labute approximate surface area is 160 Å². The van der Waals surface area contributed by atoms with Gasteiger partial charge in [-0.05, 0) is 49.8 Å². The minimum atomic E-state index is -3.53. The van der Waals surface area contributed by atoms with Gasteiger partial charge in [-0.15, -0.1) is 0 Å². The fourth-order valence-corrected chi connectivity index (χ4v) is 5.32. The number of amides is 1. The van der Waals surface area contributed by atoms with Crippen molar-refractivity contribution in [2.24, 2.45) is 5.92 Å². The Balaban J connectivity index is 1.68. The van der Waals surface area contributed by atoms with E-state index in [0.29, 0.717) is 30.3 Å². The minimum absolute atomic E-state index is 0.132. The molecule has 0 saturated carbocycles. The van der Waals surface area contributed by atoms with E-state index in [-0.39, 0.29) is 10.8 Å². The molecular formula is C18H27ClN3O3S+. The van der Waals surface area contributed by atoms with Crippen LogP contribution in [0.15, 0.2) is 23.1 Å². The van der Waals surface area contributed by atoms with Crippen LogP contribution in [0, 0.1) is 5.92 Å². The molecule has 0 spiro atoms. The number of nitrogens with zero attached hydrogens (tertiary/aromatic N) is 1. The summed E-state index contributed by atoms with van der Waals surface area (Å²) in [7, 11) is -3.53. The molecule has 3 rings (SSSR count). The van der Waals surface area contributed by atoms with Gasteiger partial charge in [-0.1, -0.05) is 18.5 Å². The first-order valence-corrected chi connectivity index (χ1v) is 11.1. The molecule has 2 saturated heterocycles. The Morgan fingerprint density at radius 3 is 2.58 bits per heavy atom. The van der Waals surface area contributed by atoms with Gasteiger partial charge in [0, 0.05) is 13.1 Å². The molecular weight excluding hydrogens is 374 g/mol. The summed E-state index contributed by atoms with van der Waals surface area (Å²) >= 11 is 6.18. The number of carbonyl (C=O) groups is 1. The Bertz CT molecular complexity index is 755. The summed E-state index contributed by atoms with van der Waals surface area (Å²) in [6, 6.07) is 4.51. The molecule has 0 radical (unpaired) electrons. The van der Waals surface area contributed by atoms with Crippen LogP contribution in [0.4, 0.5) is 5.69 Å². The number of hydrogen-bond acceptors (Lipinski definition) is 3. The third kappa shape index (κ3) is 4.57. The molecule has 0 aliphatic carbocycles. The number of halogens is 1. The summed E-state index contributed by atoms with van der Waals surface area (Å²) in [5.74, 6) is 0.593. The number of anilines is 1.